The highest BCUT2D eigenvalue weighted by molar-refractivity contribution is 6.30. The van der Waals surface area contributed by atoms with E-state index in [1.54, 1.807) is 0 Å². The monoisotopic (exact) mass is 646 g/mol. The van der Waals surface area contributed by atoms with E-state index in [1.807, 2.05) is 13.1 Å². The third-order valence-corrected chi connectivity index (χ3v) is 10.6. The first kappa shape index (κ1) is 31.8. The molecule has 3 heteroatoms. The molecule has 0 amide bonds. The minimum absolute atomic E-state index is 0.216. The summed E-state index contributed by atoms with van der Waals surface area (Å²) in [4.78, 5) is 2.43. The molecule has 1 atom stereocenters. The predicted molar refractivity (Wildman–Crippen MR) is 206 cm³/mol. The molecule has 240 valence electrons. The van der Waals surface area contributed by atoms with Crippen molar-refractivity contribution in [1.29, 1.82) is 0 Å². The number of halogens is 1. The van der Waals surface area contributed by atoms with E-state index in [0.29, 0.717) is 0 Å². The third kappa shape index (κ3) is 6.02. The van der Waals surface area contributed by atoms with Crippen LogP contribution in [0.5, 0.6) is 0 Å². The molecule has 0 saturated heterocycles. The lowest BCUT2D eigenvalue weighted by atomic mass is 9.68. The second-order valence-electron chi connectivity index (χ2n) is 13.6. The maximum Gasteiger partial charge on any atom is 0.0453 e. The number of allylic oxidation sites excluding steroid dienone is 2. The van der Waals surface area contributed by atoms with Gasteiger partial charge in [-0.25, -0.2) is 0 Å². The molecule has 0 bridgehead atoms. The molecule has 6 aromatic rings. The van der Waals surface area contributed by atoms with Crippen molar-refractivity contribution in [2.45, 2.75) is 43.4 Å². The molecule has 7 rings (SSSR count). The molecule has 1 heterocycles. The number of rotatable bonds is 10. The van der Waals surface area contributed by atoms with E-state index in [0.717, 1.165) is 30.7 Å². The van der Waals surface area contributed by atoms with Crippen LogP contribution in [0.3, 0.4) is 0 Å². The SMILES string of the molecule is CNc1ccc2ccccc2c1C(C)(C/C=C1/N(C)c2ccc(Cl)cc2C1(Cc1ccccc1)Cc1ccccc1)Cc1ccccc1. The fourth-order valence-electron chi connectivity index (χ4n) is 8.19. The van der Waals surface area contributed by atoms with Crippen LogP contribution < -0.4 is 10.2 Å². The van der Waals surface area contributed by atoms with Crippen LogP contribution in [0.15, 0.2) is 157 Å². The van der Waals surface area contributed by atoms with Crippen LogP contribution in [0, 0.1) is 0 Å². The Morgan fingerprint density at radius 1 is 0.708 bits per heavy atom. The lowest BCUT2D eigenvalue weighted by molar-refractivity contribution is 0.465. The molecule has 0 radical (unpaired) electrons. The Balaban J connectivity index is 1.44. The highest BCUT2D eigenvalue weighted by atomic mass is 35.5. The van der Waals surface area contributed by atoms with Crippen molar-refractivity contribution in [1.82, 2.24) is 0 Å². The number of hydrogen-bond acceptors (Lipinski definition) is 2. The topological polar surface area (TPSA) is 15.3 Å². The van der Waals surface area contributed by atoms with Gasteiger partial charge in [0.1, 0.15) is 0 Å². The summed E-state index contributed by atoms with van der Waals surface area (Å²) in [6, 6.07) is 52.6. The quantitative estimate of drug-likeness (QED) is 0.159. The minimum Gasteiger partial charge on any atom is -0.388 e. The Bertz CT molecular complexity index is 2010. The molecule has 0 spiro atoms. The average molecular weight is 647 g/mol. The minimum atomic E-state index is -0.310. The van der Waals surface area contributed by atoms with Crippen molar-refractivity contribution in [3.63, 3.8) is 0 Å². The smallest absolute Gasteiger partial charge is 0.0453 e. The van der Waals surface area contributed by atoms with Gasteiger partial charge in [-0.05, 0) is 88.5 Å². The second-order valence-corrected chi connectivity index (χ2v) is 14.0. The van der Waals surface area contributed by atoms with Crippen LogP contribution in [0.4, 0.5) is 11.4 Å². The van der Waals surface area contributed by atoms with Gasteiger partial charge in [-0.3, -0.25) is 0 Å². The standard InChI is InChI=1S/C45H43ClN2/c1-44(30-33-15-7-4-8-16-33,43-38-22-14-13-21-36(38)23-25-40(43)47-2)28-27-42-45(31-34-17-9-5-10-18-34,32-35-19-11-6-12-20-35)39-29-37(46)24-26-41(39)48(42)3/h4-27,29,47H,28,30-32H2,1-3H3/b42-27+. The van der Waals surface area contributed by atoms with E-state index in [1.165, 1.54) is 55.7 Å². The third-order valence-electron chi connectivity index (χ3n) is 10.4. The van der Waals surface area contributed by atoms with Gasteiger partial charge in [0.25, 0.3) is 0 Å². The molecule has 1 aliphatic heterocycles. The summed E-state index contributed by atoms with van der Waals surface area (Å²) in [6.45, 7) is 2.45. The van der Waals surface area contributed by atoms with Gasteiger partial charge < -0.3 is 10.2 Å². The van der Waals surface area contributed by atoms with Crippen molar-refractivity contribution < 1.29 is 0 Å². The Morgan fingerprint density at radius 3 is 1.92 bits per heavy atom. The molecule has 1 unspecified atom stereocenters. The summed E-state index contributed by atoms with van der Waals surface area (Å²) in [5, 5.41) is 6.91. The van der Waals surface area contributed by atoms with E-state index < -0.39 is 0 Å². The Morgan fingerprint density at radius 2 is 1.29 bits per heavy atom. The van der Waals surface area contributed by atoms with Crippen LogP contribution >= 0.6 is 11.6 Å². The lowest BCUT2D eigenvalue weighted by Crippen LogP contribution is -2.35. The average Bonchev–Trinajstić information content (AvgIpc) is 3.33. The van der Waals surface area contributed by atoms with Gasteiger partial charge >= 0.3 is 0 Å². The van der Waals surface area contributed by atoms with Gasteiger partial charge in [0.2, 0.25) is 0 Å². The van der Waals surface area contributed by atoms with Crippen LogP contribution in [0.25, 0.3) is 10.8 Å². The normalized spacial score (nSPS) is 15.8. The molecule has 0 saturated carbocycles. The van der Waals surface area contributed by atoms with E-state index in [9.17, 15) is 0 Å². The molecule has 2 nitrogen and oxygen atoms in total. The molecule has 0 aromatic heterocycles. The van der Waals surface area contributed by atoms with E-state index in [2.05, 4.69) is 170 Å². The second kappa shape index (κ2) is 13.4. The Hall–Kier alpha value is -4.79. The van der Waals surface area contributed by atoms with Gasteiger partial charge in [0.15, 0.2) is 0 Å². The van der Waals surface area contributed by atoms with Crippen molar-refractivity contribution in [3.8, 4) is 0 Å². The van der Waals surface area contributed by atoms with E-state index in [4.69, 9.17) is 11.6 Å². The van der Waals surface area contributed by atoms with Gasteiger partial charge in [-0.15, -0.1) is 0 Å². The summed E-state index contributed by atoms with van der Waals surface area (Å²) < 4.78 is 0. The fraction of sp³-hybridized carbons (Fsp3) is 0.200. The predicted octanol–water partition coefficient (Wildman–Crippen LogP) is 11.2. The molecule has 48 heavy (non-hydrogen) atoms. The summed E-state index contributed by atoms with van der Waals surface area (Å²) in [5.74, 6) is 0. The zero-order chi connectivity index (χ0) is 33.1. The van der Waals surface area contributed by atoms with Crippen molar-refractivity contribution in [2.24, 2.45) is 0 Å². The Labute approximate surface area is 290 Å². The summed E-state index contributed by atoms with van der Waals surface area (Å²) >= 11 is 6.82. The highest BCUT2D eigenvalue weighted by Crippen LogP contribution is 2.53. The maximum atomic E-state index is 6.82. The van der Waals surface area contributed by atoms with Crippen LogP contribution in [0.2, 0.25) is 5.02 Å². The Kier molecular flexibility index (Phi) is 8.86. The first-order valence-electron chi connectivity index (χ1n) is 17.0. The largest absolute Gasteiger partial charge is 0.388 e. The van der Waals surface area contributed by atoms with Gasteiger partial charge in [-0.1, -0.05) is 146 Å². The van der Waals surface area contributed by atoms with Crippen LogP contribution in [-0.2, 0) is 30.1 Å². The summed E-state index contributed by atoms with van der Waals surface area (Å²) in [7, 11) is 4.28. The molecule has 0 fully saturated rings. The number of nitrogens with zero attached hydrogens (tertiary/aromatic N) is 1. The van der Waals surface area contributed by atoms with Gasteiger partial charge in [0, 0.05) is 47.0 Å². The number of likely N-dealkylation sites (N-methyl/N-ethyl adjacent to an activating group) is 1. The fourth-order valence-corrected chi connectivity index (χ4v) is 8.36. The number of hydrogen-bond donors (Lipinski definition) is 1. The number of fused-ring (bicyclic) bond motifs is 2. The van der Waals surface area contributed by atoms with Gasteiger partial charge in [0.05, 0.1) is 0 Å². The maximum absolute atomic E-state index is 6.82. The van der Waals surface area contributed by atoms with Gasteiger partial charge in [-0.2, -0.15) is 0 Å². The number of anilines is 2. The van der Waals surface area contributed by atoms with Crippen LogP contribution in [0.1, 0.15) is 41.2 Å². The van der Waals surface area contributed by atoms with E-state index >= 15 is 0 Å². The zero-order valence-electron chi connectivity index (χ0n) is 28.1. The van der Waals surface area contributed by atoms with Crippen molar-refractivity contribution in [2.75, 3.05) is 24.3 Å². The number of benzene rings is 6. The highest BCUT2D eigenvalue weighted by Gasteiger charge is 2.46. The molecular weight excluding hydrogens is 604 g/mol. The summed E-state index contributed by atoms with van der Waals surface area (Å²) in [5.41, 5.74) is 9.84. The van der Waals surface area contributed by atoms with Crippen molar-refractivity contribution >= 4 is 33.7 Å². The molecule has 6 aromatic carbocycles. The zero-order valence-corrected chi connectivity index (χ0v) is 28.8. The van der Waals surface area contributed by atoms with Crippen LogP contribution in [-0.4, -0.2) is 14.1 Å². The summed E-state index contributed by atoms with van der Waals surface area (Å²) in [6.07, 6.45) is 6.07. The first-order chi connectivity index (χ1) is 23.4. The first-order valence-corrected chi connectivity index (χ1v) is 17.3. The molecule has 1 N–H and O–H groups in total. The molecule has 0 aliphatic carbocycles. The number of nitrogens with one attached hydrogen (secondary N) is 1. The van der Waals surface area contributed by atoms with Crippen molar-refractivity contribution in [3.05, 3.63) is 190 Å². The lowest BCUT2D eigenvalue weighted by Gasteiger charge is -2.36. The molecular formula is C45H43ClN2. The van der Waals surface area contributed by atoms with E-state index in [-0.39, 0.29) is 10.8 Å². The molecule has 1 aliphatic rings.